The van der Waals surface area contributed by atoms with E-state index in [2.05, 4.69) is 29.4 Å². The van der Waals surface area contributed by atoms with E-state index in [1.165, 1.54) is 12.1 Å². The summed E-state index contributed by atoms with van der Waals surface area (Å²) >= 11 is 5.19. The fourth-order valence-electron chi connectivity index (χ4n) is 2.12. The van der Waals surface area contributed by atoms with Gasteiger partial charge in [-0.05, 0) is 30.3 Å². The molecular weight excluding hydrogens is 303 g/mol. The van der Waals surface area contributed by atoms with Crippen LogP contribution in [0.4, 0.5) is 4.39 Å². The zero-order valence-corrected chi connectivity index (χ0v) is 13.4. The topological polar surface area (TPSA) is 62.7 Å². The van der Waals surface area contributed by atoms with E-state index in [9.17, 15) is 9.18 Å². The van der Waals surface area contributed by atoms with E-state index in [1.54, 1.807) is 12.1 Å². The number of benzene rings is 1. The van der Waals surface area contributed by atoms with Crippen molar-refractivity contribution in [3.8, 4) is 0 Å². The highest BCUT2D eigenvalue weighted by Crippen LogP contribution is 2.07. The van der Waals surface area contributed by atoms with Crippen molar-refractivity contribution in [1.82, 2.24) is 20.1 Å². The quantitative estimate of drug-likeness (QED) is 0.804. The number of aromatic nitrogens is 3. The lowest BCUT2D eigenvalue weighted by Crippen LogP contribution is -2.27. The fraction of sp³-hybridized carbons (Fsp3) is 0.400. The molecule has 0 aliphatic carbocycles. The van der Waals surface area contributed by atoms with E-state index in [1.807, 2.05) is 4.57 Å². The maximum atomic E-state index is 13.5. The number of nitrogens with zero attached hydrogens (tertiary/aromatic N) is 2. The first-order chi connectivity index (χ1) is 10.5. The highest BCUT2D eigenvalue weighted by Gasteiger charge is 2.12. The third-order valence-corrected chi connectivity index (χ3v) is 3.45. The number of nitrogens with one attached hydrogen (secondary N) is 2. The Bertz CT molecular complexity index is 708. The molecule has 0 radical (unpaired) electrons. The van der Waals surface area contributed by atoms with Gasteiger partial charge in [0.15, 0.2) is 4.77 Å². The molecule has 1 amide bonds. The molecule has 5 nitrogen and oxygen atoms in total. The third-order valence-electron chi connectivity index (χ3n) is 3.14. The van der Waals surface area contributed by atoms with Gasteiger partial charge in [-0.25, -0.2) is 4.39 Å². The van der Waals surface area contributed by atoms with Gasteiger partial charge in [-0.15, -0.1) is 0 Å². The van der Waals surface area contributed by atoms with E-state index < -0.39 is 11.7 Å². The molecule has 2 rings (SSSR count). The third kappa shape index (κ3) is 4.00. The highest BCUT2D eigenvalue weighted by atomic mass is 32.1. The summed E-state index contributed by atoms with van der Waals surface area (Å²) in [5.41, 5.74) is 0.0449. The molecule has 1 aromatic carbocycles. The van der Waals surface area contributed by atoms with E-state index in [0.717, 1.165) is 12.4 Å². The standard InChI is InChI=1S/C15H19FN4OS/c1-10(2)9-20-13(18-19-15(20)22)7-8-17-14(21)11-5-3-4-6-12(11)16/h3-6,10H,7-9H2,1-2H3,(H,17,21)(H,19,22). The Morgan fingerprint density at radius 1 is 1.45 bits per heavy atom. The second kappa shape index (κ2) is 7.31. The second-order valence-electron chi connectivity index (χ2n) is 5.44. The fourth-order valence-corrected chi connectivity index (χ4v) is 2.35. The average Bonchev–Trinajstić information content (AvgIpc) is 2.80. The minimum absolute atomic E-state index is 0.0449. The summed E-state index contributed by atoms with van der Waals surface area (Å²) < 4.78 is 16.0. The number of aromatic amines is 1. The molecule has 1 heterocycles. The van der Waals surface area contributed by atoms with Crippen LogP contribution in [0.5, 0.6) is 0 Å². The van der Waals surface area contributed by atoms with Gasteiger partial charge in [0, 0.05) is 19.5 Å². The molecule has 0 atom stereocenters. The van der Waals surface area contributed by atoms with Gasteiger partial charge in [0.05, 0.1) is 5.56 Å². The molecule has 0 aliphatic heterocycles. The summed E-state index contributed by atoms with van der Waals surface area (Å²) in [6.07, 6.45) is 0.528. The number of carbonyl (C=O) groups excluding carboxylic acids is 1. The molecule has 22 heavy (non-hydrogen) atoms. The molecule has 0 saturated carbocycles. The van der Waals surface area contributed by atoms with Gasteiger partial charge in [-0.2, -0.15) is 5.10 Å². The van der Waals surface area contributed by atoms with Crippen LogP contribution in [0, 0.1) is 16.5 Å². The van der Waals surface area contributed by atoms with Crippen molar-refractivity contribution in [3.63, 3.8) is 0 Å². The zero-order chi connectivity index (χ0) is 16.1. The van der Waals surface area contributed by atoms with E-state index in [0.29, 0.717) is 23.7 Å². The summed E-state index contributed by atoms with van der Waals surface area (Å²) in [4.78, 5) is 11.9. The molecular formula is C15H19FN4OS. The lowest BCUT2D eigenvalue weighted by atomic mass is 10.2. The molecule has 0 fully saturated rings. The number of hydrogen-bond donors (Lipinski definition) is 2. The number of H-pyrrole nitrogens is 1. The Labute approximate surface area is 133 Å². The largest absolute Gasteiger partial charge is 0.351 e. The van der Waals surface area contributed by atoms with Crippen LogP contribution >= 0.6 is 12.2 Å². The van der Waals surface area contributed by atoms with Gasteiger partial charge >= 0.3 is 0 Å². The minimum Gasteiger partial charge on any atom is -0.351 e. The summed E-state index contributed by atoms with van der Waals surface area (Å²) in [5, 5.41) is 9.64. The number of halogens is 1. The van der Waals surface area contributed by atoms with E-state index in [4.69, 9.17) is 12.2 Å². The Hall–Kier alpha value is -2.02. The smallest absolute Gasteiger partial charge is 0.254 e. The number of carbonyl (C=O) groups is 1. The van der Waals surface area contributed by atoms with Crippen molar-refractivity contribution >= 4 is 18.1 Å². The summed E-state index contributed by atoms with van der Waals surface area (Å²) in [7, 11) is 0. The molecule has 118 valence electrons. The Morgan fingerprint density at radius 3 is 2.86 bits per heavy atom. The van der Waals surface area contributed by atoms with Crippen molar-refractivity contribution in [2.24, 2.45) is 5.92 Å². The van der Waals surface area contributed by atoms with Crippen LogP contribution < -0.4 is 5.32 Å². The van der Waals surface area contributed by atoms with Crippen LogP contribution in [-0.4, -0.2) is 27.2 Å². The lowest BCUT2D eigenvalue weighted by Gasteiger charge is -2.10. The molecule has 1 aromatic heterocycles. The molecule has 0 spiro atoms. The number of hydrogen-bond acceptors (Lipinski definition) is 3. The normalized spacial score (nSPS) is 10.9. The Balaban J connectivity index is 1.96. The van der Waals surface area contributed by atoms with Gasteiger partial charge < -0.3 is 9.88 Å². The van der Waals surface area contributed by atoms with Gasteiger partial charge in [-0.3, -0.25) is 9.89 Å². The number of rotatable bonds is 6. The van der Waals surface area contributed by atoms with E-state index >= 15 is 0 Å². The minimum atomic E-state index is -0.525. The summed E-state index contributed by atoms with van der Waals surface area (Å²) in [6, 6.07) is 5.91. The van der Waals surface area contributed by atoms with Crippen molar-refractivity contribution in [2.45, 2.75) is 26.8 Å². The molecule has 0 bridgehead atoms. The van der Waals surface area contributed by atoms with Gasteiger partial charge in [0.1, 0.15) is 11.6 Å². The first kappa shape index (κ1) is 16.4. The van der Waals surface area contributed by atoms with Gasteiger partial charge in [0.25, 0.3) is 5.91 Å². The number of amides is 1. The lowest BCUT2D eigenvalue weighted by molar-refractivity contribution is 0.0950. The highest BCUT2D eigenvalue weighted by molar-refractivity contribution is 7.71. The predicted molar refractivity (Wildman–Crippen MR) is 84.7 cm³/mol. The van der Waals surface area contributed by atoms with Crippen LogP contribution in [0.3, 0.4) is 0 Å². The monoisotopic (exact) mass is 322 g/mol. The van der Waals surface area contributed by atoms with Crippen LogP contribution in [-0.2, 0) is 13.0 Å². The van der Waals surface area contributed by atoms with Crippen LogP contribution in [0.15, 0.2) is 24.3 Å². The van der Waals surface area contributed by atoms with Crippen LogP contribution in [0.2, 0.25) is 0 Å². The zero-order valence-electron chi connectivity index (χ0n) is 12.6. The van der Waals surface area contributed by atoms with Gasteiger partial charge in [-0.1, -0.05) is 26.0 Å². The van der Waals surface area contributed by atoms with Crippen LogP contribution in [0.25, 0.3) is 0 Å². The first-order valence-electron chi connectivity index (χ1n) is 7.16. The summed E-state index contributed by atoms with van der Waals surface area (Å²) in [5.74, 6) is 0.272. The molecule has 2 aromatic rings. The molecule has 2 N–H and O–H groups in total. The molecule has 0 unspecified atom stereocenters. The SMILES string of the molecule is CC(C)Cn1c(CCNC(=O)c2ccccc2F)n[nH]c1=S. The Kier molecular flexibility index (Phi) is 5.43. The van der Waals surface area contributed by atoms with Crippen LogP contribution in [0.1, 0.15) is 30.0 Å². The van der Waals surface area contributed by atoms with Gasteiger partial charge in [0.2, 0.25) is 0 Å². The van der Waals surface area contributed by atoms with Crippen molar-refractivity contribution in [2.75, 3.05) is 6.54 Å². The van der Waals surface area contributed by atoms with Crippen molar-refractivity contribution in [3.05, 3.63) is 46.2 Å². The molecule has 0 aliphatic rings. The van der Waals surface area contributed by atoms with Crippen molar-refractivity contribution < 1.29 is 9.18 Å². The maximum absolute atomic E-state index is 13.5. The second-order valence-corrected chi connectivity index (χ2v) is 5.82. The van der Waals surface area contributed by atoms with E-state index in [-0.39, 0.29) is 5.56 Å². The summed E-state index contributed by atoms with van der Waals surface area (Å²) in [6.45, 7) is 5.33. The molecule has 0 saturated heterocycles. The maximum Gasteiger partial charge on any atom is 0.254 e. The molecule has 7 heteroatoms. The van der Waals surface area contributed by atoms with Crippen molar-refractivity contribution in [1.29, 1.82) is 0 Å². The average molecular weight is 322 g/mol. The Morgan fingerprint density at radius 2 is 2.18 bits per heavy atom. The first-order valence-corrected chi connectivity index (χ1v) is 7.56. The predicted octanol–water partition coefficient (Wildman–Crippen LogP) is 2.71.